The zero-order valence-electron chi connectivity index (χ0n) is 14.7. The molecule has 0 amide bonds. The molecule has 134 valence electrons. The monoisotopic (exact) mass is 350 g/mol. The maximum absolute atomic E-state index is 13.1. The molecule has 3 nitrogen and oxygen atoms in total. The smallest absolute Gasteiger partial charge is 0.123 e. The largest absolute Gasteiger partial charge is 0.376 e. The summed E-state index contributed by atoms with van der Waals surface area (Å²) in [5.74, 6) is 0.352. The van der Waals surface area contributed by atoms with Crippen LogP contribution in [0.2, 0.25) is 0 Å². The van der Waals surface area contributed by atoms with Gasteiger partial charge in [-0.05, 0) is 60.4 Å². The van der Waals surface area contributed by atoms with Crippen LogP contribution in [-0.2, 0) is 30.6 Å². The van der Waals surface area contributed by atoms with Crippen molar-refractivity contribution in [1.82, 2.24) is 9.97 Å². The minimum absolute atomic E-state index is 0.196. The summed E-state index contributed by atoms with van der Waals surface area (Å²) in [7, 11) is 0. The number of aromatic amines is 1. The van der Waals surface area contributed by atoms with Crippen LogP contribution >= 0.6 is 0 Å². The van der Waals surface area contributed by atoms with Crippen molar-refractivity contribution in [1.29, 1.82) is 0 Å². The molecule has 0 bridgehead atoms. The van der Waals surface area contributed by atoms with Gasteiger partial charge in [-0.3, -0.25) is 0 Å². The van der Waals surface area contributed by atoms with Crippen molar-refractivity contribution < 1.29 is 9.13 Å². The Morgan fingerprint density at radius 2 is 1.88 bits per heavy atom. The molecule has 4 rings (SSSR count). The molecule has 0 saturated heterocycles. The van der Waals surface area contributed by atoms with Gasteiger partial charge in [0.2, 0.25) is 0 Å². The number of hydrogen-bond acceptors (Lipinski definition) is 2. The Hall–Kier alpha value is -2.46. The van der Waals surface area contributed by atoms with Crippen molar-refractivity contribution in [2.45, 2.75) is 32.3 Å². The molecule has 1 aliphatic carbocycles. The van der Waals surface area contributed by atoms with Crippen molar-refractivity contribution in [3.8, 4) is 0 Å². The number of nitrogens with zero attached hydrogens (tertiary/aromatic N) is 1. The SMILES string of the molecule is Fc1ccc(Cc2ccccc2COCC2CCc3nc[nH]c3C2)cc1. The summed E-state index contributed by atoms with van der Waals surface area (Å²) < 4.78 is 19.1. The van der Waals surface area contributed by atoms with E-state index >= 15 is 0 Å². The van der Waals surface area contributed by atoms with E-state index in [2.05, 4.69) is 22.1 Å². The summed E-state index contributed by atoms with van der Waals surface area (Å²) in [6, 6.07) is 15.1. The molecule has 1 aromatic heterocycles. The summed E-state index contributed by atoms with van der Waals surface area (Å²) in [6.07, 6.45) is 5.77. The first-order chi connectivity index (χ1) is 12.8. The van der Waals surface area contributed by atoms with Crippen LogP contribution in [0.3, 0.4) is 0 Å². The Bertz CT molecular complexity index is 857. The van der Waals surface area contributed by atoms with Gasteiger partial charge in [-0.2, -0.15) is 0 Å². The lowest BCUT2D eigenvalue weighted by atomic mass is 9.90. The summed E-state index contributed by atoms with van der Waals surface area (Å²) >= 11 is 0. The molecule has 0 spiro atoms. The number of halogens is 1. The number of nitrogens with one attached hydrogen (secondary N) is 1. The summed E-state index contributed by atoms with van der Waals surface area (Å²) in [6.45, 7) is 1.38. The van der Waals surface area contributed by atoms with Gasteiger partial charge in [0.15, 0.2) is 0 Å². The molecule has 0 aliphatic heterocycles. The fraction of sp³-hybridized carbons (Fsp3) is 0.318. The number of rotatable bonds is 6. The lowest BCUT2D eigenvalue weighted by molar-refractivity contribution is 0.0815. The lowest BCUT2D eigenvalue weighted by Gasteiger charge is -2.21. The van der Waals surface area contributed by atoms with Crippen LogP contribution < -0.4 is 0 Å². The molecule has 2 aromatic carbocycles. The van der Waals surface area contributed by atoms with Crippen LogP contribution in [0.1, 0.15) is 34.5 Å². The number of aromatic nitrogens is 2. The van der Waals surface area contributed by atoms with E-state index in [9.17, 15) is 4.39 Å². The fourth-order valence-corrected chi connectivity index (χ4v) is 3.64. The molecule has 0 saturated carbocycles. The van der Waals surface area contributed by atoms with Crippen molar-refractivity contribution in [3.63, 3.8) is 0 Å². The summed E-state index contributed by atoms with van der Waals surface area (Å²) in [4.78, 5) is 7.60. The number of fused-ring (bicyclic) bond motifs is 1. The summed E-state index contributed by atoms with van der Waals surface area (Å²) in [5.41, 5.74) is 6.03. The minimum atomic E-state index is -0.196. The molecule has 1 heterocycles. The van der Waals surface area contributed by atoms with Crippen LogP contribution in [-0.4, -0.2) is 16.6 Å². The molecule has 1 unspecified atom stereocenters. The first-order valence-electron chi connectivity index (χ1n) is 9.18. The van der Waals surface area contributed by atoms with E-state index in [0.717, 1.165) is 37.9 Å². The second-order valence-electron chi connectivity index (χ2n) is 7.02. The zero-order chi connectivity index (χ0) is 17.8. The third-order valence-corrected chi connectivity index (χ3v) is 5.13. The molecule has 26 heavy (non-hydrogen) atoms. The molecule has 3 aromatic rings. The van der Waals surface area contributed by atoms with Gasteiger partial charge in [-0.15, -0.1) is 0 Å². The fourth-order valence-electron chi connectivity index (χ4n) is 3.64. The standard InChI is InChI=1S/C22H23FN2O/c23-20-8-5-16(6-9-20)11-18-3-1-2-4-19(18)14-26-13-17-7-10-21-22(12-17)25-15-24-21/h1-6,8-9,15,17H,7,10-14H2,(H,24,25). The third kappa shape index (κ3) is 4.02. The van der Waals surface area contributed by atoms with Crippen molar-refractivity contribution >= 4 is 0 Å². The van der Waals surface area contributed by atoms with Gasteiger partial charge in [0, 0.05) is 5.69 Å². The number of hydrogen-bond donors (Lipinski definition) is 1. The van der Waals surface area contributed by atoms with E-state index in [1.165, 1.54) is 34.6 Å². The Morgan fingerprint density at radius 3 is 2.73 bits per heavy atom. The van der Waals surface area contributed by atoms with E-state index in [-0.39, 0.29) is 5.82 Å². The van der Waals surface area contributed by atoms with E-state index < -0.39 is 0 Å². The Labute approximate surface area is 153 Å². The number of ether oxygens (including phenoxy) is 1. The van der Waals surface area contributed by atoms with E-state index in [0.29, 0.717) is 12.5 Å². The Morgan fingerprint density at radius 1 is 1.08 bits per heavy atom. The maximum atomic E-state index is 13.1. The number of imidazole rings is 1. The molecular weight excluding hydrogens is 327 g/mol. The molecule has 1 N–H and O–H groups in total. The van der Waals surface area contributed by atoms with E-state index in [1.807, 2.05) is 24.3 Å². The van der Waals surface area contributed by atoms with Gasteiger partial charge >= 0.3 is 0 Å². The molecule has 0 fully saturated rings. The van der Waals surface area contributed by atoms with Crippen molar-refractivity contribution in [2.75, 3.05) is 6.61 Å². The summed E-state index contributed by atoms with van der Waals surface area (Å²) in [5, 5.41) is 0. The first kappa shape index (κ1) is 17.0. The van der Waals surface area contributed by atoms with Crippen LogP contribution in [0.4, 0.5) is 4.39 Å². The lowest BCUT2D eigenvalue weighted by Crippen LogP contribution is -2.19. The van der Waals surface area contributed by atoms with E-state index in [4.69, 9.17) is 4.74 Å². The first-order valence-corrected chi connectivity index (χ1v) is 9.18. The average molecular weight is 350 g/mol. The van der Waals surface area contributed by atoms with Gasteiger partial charge < -0.3 is 9.72 Å². The van der Waals surface area contributed by atoms with Crippen LogP contribution in [0, 0.1) is 11.7 Å². The van der Waals surface area contributed by atoms with E-state index in [1.54, 1.807) is 6.33 Å². The van der Waals surface area contributed by atoms with Gasteiger partial charge in [0.05, 0.1) is 25.2 Å². The van der Waals surface area contributed by atoms with Gasteiger partial charge in [0.25, 0.3) is 0 Å². The highest BCUT2D eigenvalue weighted by Gasteiger charge is 2.20. The Balaban J connectivity index is 1.34. The highest BCUT2D eigenvalue weighted by atomic mass is 19.1. The normalized spacial score (nSPS) is 16.4. The highest BCUT2D eigenvalue weighted by Crippen LogP contribution is 2.23. The van der Waals surface area contributed by atoms with Gasteiger partial charge in [-0.1, -0.05) is 36.4 Å². The average Bonchev–Trinajstić information content (AvgIpc) is 3.13. The number of aryl methyl sites for hydroxylation is 1. The van der Waals surface area contributed by atoms with Crippen LogP contribution in [0.5, 0.6) is 0 Å². The number of H-pyrrole nitrogens is 1. The molecular formula is C22H23FN2O. The van der Waals surface area contributed by atoms with Gasteiger partial charge in [-0.25, -0.2) is 9.37 Å². The quantitative estimate of drug-likeness (QED) is 0.713. The molecule has 0 radical (unpaired) electrons. The molecule has 1 atom stereocenters. The second kappa shape index (κ2) is 7.83. The zero-order valence-corrected chi connectivity index (χ0v) is 14.7. The third-order valence-electron chi connectivity index (χ3n) is 5.13. The molecule has 1 aliphatic rings. The number of benzene rings is 2. The highest BCUT2D eigenvalue weighted by molar-refractivity contribution is 5.32. The second-order valence-corrected chi connectivity index (χ2v) is 7.02. The maximum Gasteiger partial charge on any atom is 0.123 e. The van der Waals surface area contributed by atoms with Gasteiger partial charge in [0.1, 0.15) is 5.82 Å². The molecule has 4 heteroatoms. The minimum Gasteiger partial charge on any atom is -0.376 e. The van der Waals surface area contributed by atoms with Crippen molar-refractivity contribution in [2.24, 2.45) is 5.92 Å². The van der Waals surface area contributed by atoms with Crippen LogP contribution in [0.25, 0.3) is 0 Å². The predicted molar refractivity (Wildman–Crippen MR) is 99.4 cm³/mol. The van der Waals surface area contributed by atoms with Crippen LogP contribution in [0.15, 0.2) is 54.9 Å². The topological polar surface area (TPSA) is 37.9 Å². The Kier molecular flexibility index (Phi) is 5.12. The predicted octanol–water partition coefficient (Wildman–Crippen LogP) is 4.46. The van der Waals surface area contributed by atoms with Crippen molar-refractivity contribution in [3.05, 3.63) is 88.8 Å².